The number of amides is 1. The van der Waals surface area contributed by atoms with Gasteiger partial charge >= 0.3 is 0 Å². The zero-order chi connectivity index (χ0) is 11.0. The van der Waals surface area contributed by atoms with E-state index in [2.05, 4.69) is 18.7 Å². The standard InChI is InChI=1S/C10H22N2O2/c1-3-9(2)12(6-4-8-13)7-5-10(11)14/h9,13H,3-8H2,1-2H3,(H2,11,14)/t9-/m1/s1. The molecule has 3 N–H and O–H groups in total. The van der Waals surface area contributed by atoms with Crippen LogP contribution < -0.4 is 5.73 Å². The third-order valence-corrected chi connectivity index (χ3v) is 2.46. The van der Waals surface area contributed by atoms with E-state index >= 15 is 0 Å². The van der Waals surface area contributed by atoms with Gasteiger partial charge in [-0.2, -0.15) is 0 Å². The zero-order valence-electron chi connectivity index (χ0n) is 9.20. The molecule has 4 nitrogen and oxygen atoms in total. The molecule has 0 bridgehead atoms. The van der Waals surface area contributed by atoms with Crippen LogP contribution in [0.15, 0.2) is 0 Å². The summed E-state index contributed by atoms with van der Waals surface area (Å²) in [6.45, 7) is 5.96. The quantitative estimate of drug-likeness (QED) is 0.596. The summed E-state index contributed by atoms with van der Waals surface area (Å²) in [5, 5.41) is 8.73. The minimum Gasteiger partial charge on any atom is -0.396 e. The number of aliphatic hydroxyl groups excluding tert-OH is 1. The number of hydrogen-bond donors (Lipinski definition) is 2. The van der Waals surface area contributed by atoms with E-state index in [4.69, 9.17) is 10.8 Å². The molecule has 0 radical (unpaired) electrons. The topological polar surface area (TPSA) is 66.6 Å². The van der Waals surface area contributed by atoms with Gasteiger partial charge in [-0.15, -0.1) is 0 Å². The van der Waals surface area contributed by atoms with Crippen molar-refractivity contribution in [1.29, 1.82) is 0 Å². The summed E-state index contributed by atoms with van der Waals surface area (Å²) in [7, 11) is 0. The van der Waals surface area contributed by atoms with Gasteiger partial charge in [0.1, 0.15) is 0 Å². The van der Waals surface area contributed by atoms with Gasteiger partial charge in [-0.3, -0.25) is 4.79 Å². The lowest BCUT2D eigenvalue weighted by Gasteiger charge is -2.27. The van der Waals surface area contributed by atoms with Crippen LogP contribution in [0.2, 0.25) is 0 Å². The van der Waals surface area contributed by atoms with Crippen LogP contribution in [0.25, 0.3) is 0 Å². The first-order valence-corrected chi connectivity index (χ1v) is 5.25. The highest BCUT2D eigenvalue weighted by molar-refractivity contribution is 5.73. The molecule has 1 amide bonds. The fourth-order valence-corrected chi connectivity index (χ4v) is 1.34. The molecule has 0 aromatic carbocycles. The SMILES string of the molecule is CC[C@@H](C)N(CCCO)CCC(N)=O. The molecule has 0 saturated carbocycles. The Labute approximate surface area is 86.1 Å². The van der Waals surface area contributed by atoms with Crippen molar-refractivity contribution >= 4 is 5.91 Å². The molecule has 0 aliphatic rings. The molecular formula is C10H22N2O2. The zero-order valence-corrected chi connectivity index (χ0v) is 9.20. The molecule has 4 heteroatoms. The first-order valence-electron chi connectivity index (χ1n) is 5.25. The Morgan fingerprint density at radius 3 is 2.57 bits per heavy atom. The second kappa shape index (κ2) is 7.76. The molecule has 0 spiro atoms. The van der Waals surface area contributed by atoms with Gasteiger partial charge in [-0.25, -0.2) is 0 Å². The largest absolute Gasteiger partial charge is 0.396 e. The van der Waals surface area contributed by atoms with E-state index in [0.29, 0.717) is 19.0 Å². The van der Waals surface area contributed by atoms with Gasteiger partial charge < -0.3 is 15.7 Å². The maximum absolute atomic E-state index is 10.6. The highest BCUT2D eigenvalue weighted by Gasteiger charge is 2.11. The number of nitrogens with two attached hydrogens (primary N) is 1. The predicted molar refractivity (Wildman–Crippen MR) is 56.8 cm³/mol. The minimum atomic E-state index is -0.262. The maximum atomic E-state index is 10.6. The fraction of sp³-hybridized carbons (Fsp3) is 0.900. The van der Waals surface area contributed by atoms with Crippen molar-refractivity contribution in [3.05, 3.63) is 0 Å². The van der Waals surface area contributed by atoms with E-state index in [0.717, 1.165) is 19.4 Å². The number of primary amides is 1. The van der Waals surface area contributed by atoms with Crippen molar-refractivity contribution in [2.24, 2.45) is 5.73 Å². The van der Waals surface area contributed by atoms with Crippen molar-refractivity contribution < 1.29 is 9.90 Å². The predicted octanol–water partition coefficient (Wildman–Crippen LogP) is 0.345. The first kappa shape index (κ1) is 13.4. The second-order valence-electron chi connectivity index (χ2n) is 3.59. The Kier molecular flexibility index (Phi) is 7.42. The molecular weight excluding hydrogens is 180 g/mol. The van der Waals surface area contributed by atoms with Crippen molar-refractivity contribution in [3.63, 3.8) is 0 Å². The third-order valence-electron chi connectivity index (χ3n) is 2.46. The van der Waals surface area contributed by atoms with E-state index < -0.39 is 0 Å². The van der Waals surface area contributed by atoms with Gasteiger partial charge in [0.15, 0.2) is 0 Å². The second-order valence-corrected chi connectivity index (χ2v) is 3.59. The van der Waals surface area contributed by atoms with Crippen molar-refractivity contribution in [2.45, 2.75) is 39.2 Å². The normalized spacial score (nSPS) is 13.1. The van der Waals surface area contributed by atoms with Crippen LogP contribution >= 0.6 is 0 Å². The highest BCUT2D eigenvalue weighted by Crippen LogP contribution is 2.05. The lowest BCUT2D eigenvalue weighted by Crippen LogP contribution is -2.36. The Balaban J connectivity index is 3.89. The maximum Gasteiger partial charge on any atom is 0.218 e. The number of nitrogens with zero attached hydrogens (tertiary/aromatic N) is 1. The third kappa shape index (κ3) is 5.94. The Bertz CT molecular complexity index is 162. The number of hydrogen-bond acceptors (Lipinski definition) is 3. The molecule has 0 aromatic rings. The van der Waals surface area contributed by atoms with Gasteiger partial charge in [-0.05, 0) is 19.8 Å². The molecule has 0 saturated heterocycles. The van der Waals surface area contributed by atoms with Crippen LogP contribution in [-0.2, 0) is 4.79 Å². The van der Waals surface area contributed by atoms with Gasteiger partial charge in [0.25, 0.3) is 0 Å². The van der Waals surface area contributed by atoms with E-state index in [-0.39, 0.29) is 12.5 Å². The molecule has 0 fully saturated rings. The van der Waals surface area contributed by atoms with Crippen LogP contribution in [0.4, 0.5) is 0 Å². The Morgan fingerprint density at radius 2 is 2.14 bits per heavy atom. The smallest absolute Gasteiger partial charge is 0.218 e. The average molecular weight is 202 g/mol. The van der Waals surface area contributed by atoms with Crippen LogP contribution in [-0.4, -0.2) is 41.7 Å². The highest BCUT2D eigenvalue weighted by atomic mass is 16.3. The van der Waals surface area contributed by atoms with Crippen molar-refractivity contribution in [1.82, 2.24) is 4.90 Å². The fourth-order valence-electron chi connectivity index (χ4n) is 1.34. The molecule has 0 rings (SSSR count). The summed E-state index contributed by atoms with van der Waals surface area (Å²) in [4.78, 5) is 12.8. The molecule has 0 unspecified atom stereocenters. The summed E-state index contributed by atoms with van der Waals surface area (Å²) in [6.07, 6.45) is 2.20. The van der Waals surface area contributed by atoms with Gasteiger partial charge in [0.2, 0.25) is 5.91 Å². The summed E-state index contributed by atoms with van der Waals surface area (Å²) in [5.41, 5.74) is 5.10. The Morgan fingerprint density at radius 1 is 1.50 bits per heavy atom. The van der Waals surface area contributed by atoms with E-state index in [1.807, 2.05) is 0 Å². The monoisotopic (exact) mass is 202 g/mol. The average Bonchev–Trinajstić information content (AvgIpc) is 2.16. The number of rotatable bonds is 8. The van der Waals surface area contributed by atoms with E-state index in [1.165, 1.54) is 0 Å². The molecule has 1 atom stereocenters. The van der Waals surface area contributed by atoms with Gasteiger partial charge in [-0.1, -0.05) is 6.92 Å². The Hall–Kier alpha value is -0.610. The van der Waals surface area contributed by atoms with Gasteiger partial charge in [0.05, 0.1) is 0 Å². The van der Waals surface area contributed by atoms with Crippen molar-refractivity contribution in [2.75, 3.05) is 19.7 Å². The number of carbonyl (C=O) groups is 1. The molecule has 14 heavy (non-hydrogen) atoms. The molecule has 0 heterocycles. The summed E-state index contributed by atoms with van der Waals surface area (Å²) >= 11 is 0. The lowest BCUT2D eigenvalue weighted by atomic mass is 10.2. The summed E-state index contributed by atoms with van der Waals surface area (Å²) < 4.78 is 0. The molecule has 0 aromatic heterocycles. The van der Waals surface area contributed by atoms with Crippen LogP contribution in [0.1, 0.15) is 33.1 Å². The van der Waals surface area contributed by atoms with Crippen molar-refractivity contribution in [3.8, 4) is 0 Å². The summed E-state index contributed by atoms with van der Waals surface area (Å²) in [6, 6.07) is 0.445. The first-order chi connectivity index (χ1) is 6.61. The molecule has 84 valence electrons. The van der Waals surface area contributed by atoms with Crippen LogP contribution in [0, 0.1) is 0 Å². The van der Waals surface area contributed by atoms with E-state index in [1.54, 1.807) is 0 Å². The molecule has 0 aliphatic heterocycles. The van der Waals surface area contributed by atoms with Crippen LogP contribution in [0.5, 0.6) is 0 Å². The summed E-state index contributed by atoms with van der Waals surface area (Å²) in [5.74, 6) is -0.262. The van der Waals surface area contributed by atoms with Gasteiger partial charge in [0, 0.05) is 32.2 Å². The molecule has 0 aliphatic carbocycles. The minimum absolute atomic E-state index is 0.198. The van der Waals surface area contributed by atoms with E-state index in [9.17, 15) is 4.79 Å². The van der Waals surface area contributed by atoms with Crippen LogP contribution in [0.3, 0.4) is 0 Å². The lowest BCUT2D eigenvalue weighted by molar-refractivity contribution is -0.118. The number of aliphatic hydroxyl groups is 1. The number of carbonyl (C=O) groups excluding carboxylic acids is 1.